The van der Waals surface area contributed by atoms with Crippen molar-refractivity contribution in [3.05, 3.63) is 42.6 Å². The lowest BCUT2D eigenvalue weighted by Gasteiger charge is -2.24. The predicted octanol–water partition coefficient (Wildman–Crippen LogP) is 3.17. The number of nitrogens with zero attached hydrogens (tertiary/aromatic N) is 2. The topological polar surface area (TPSA) is 95.0 Å². The molecule has 2 atom stereocenters. The largest absolute Gasteiger partial charge is 0.493 e. The van der Waals surface area contributed by atoms with Crippen LogP contribution in [0.4, 0.5) is 0 Å². The quantitative estimate of drug-likeness (QED) is 0.566. The van der Waals surface area contributed by atoms with Gasteiger partial charge in [0.15, 0.2) is 11.5 Å². The van der Waals surface area contributed by atoms with Crippen LogP contribution in [-0.4, -0.2) is 60.9 Å². The van der Waals surface area contributed by atoms with Crippen molar-refractivity contribution < 1.29 is 24.1 Å². The fourth-order valence-corrected chi connectivity index (χ4v) is 4.31. The summed E-state index contributed by atoms with van der Waals surface area (Å²) >= 11 is 0. The van der Waals surface area contributed by atoms with Crippen LogP contribution in [0.25, 0.3) is 22.2 Å². The molecule has 33 heavy (non-hydrogen) atoms. The van der Waals surface area contributed by atoms with Crippen LogP contribution < -0.4 is 19.5 Å². The molecule has 0 bridgehead atoms. The molecule has 1 aromatic carbocycles. The minimum Gasteiger partial charge on any atom is -0.493 e. The fraction of sp³-hybridized carbons (Fsp3) is 0.440. The third kappa shape index (κ3) is 5.03. The fourth-order valence-electron chi connectivity index (χ4n) is 4.31. The van der Waals surface area contributed by atoms with E-state index in [2.05, 4.69) is 10.3 Å². The summed E-state index contributed by atoms with van der Waals surface area (Å²) in [6.45, 7) is 2.64. The average Bonchev–Trinajstić information content (AvgIpc) is 3.28. The van der Waals surface area contributed by atoms with Crippen molar-refractivity contribution in [1.29, 1.82) is 0 Å². The van der Waals surface area contributed by atoms with Gasteiger partial charge in [-0.1, -0.05) is 0 Å². The Kier molecular flexibility index (Phi) is 6.57. The Morgan fingerprint density at radius 1 is 1.15 bits per heavy atom. The Morgan fingerprint density at radius 3 is 2.82 bits per heavy atom. The van der Waals surface area contributed by atoms with Crippen LogP contribution >= 0.6 is 0 Å². The number of aliphatic hydroxyl groups excluding tert-OH is 1. The van der Waals surface area contributed by atoms with Gasteiger partial charge in [0.1, 0.15) is 12.3 Å². The van der Waals surface area contributed by atoms with Gasteiger partial charge in [-0.3, -0.25) is 10.3 Å². The molecule has 2 aromatic heterocycles. The van der Waals surface area contributed by atoms with Crippen LogP contribution in [0.15, 0.2) is 42.6 Å². The first-order valence-electron chi connectivity index (χ1n) is 11.4. The SMILES string of the molecule is COc1cc(-c2cc3ncccc3c(OCC3CNC(O)C3)n2)ccc1OC1CCOCC1. The Bertz CT molecular complexity index is 1100. The number of pyridine rings is 2. The van der Waals surface area contributed by atoms with Crippen LogP contribution in [0.3, 0.4) is 0 Å². The molecule has 2 N–H and O–H groups in total. The Hall–Kier alpha value is -2.94. The van der Waals surface area contributed by atoms with E-state index < -0.39 is 6.23 Å². The first-order valence-corrected chi connectivity index (χ1v) is 11.4. The third-order valence-corrected chi connectivity index (χ3v) is 6.14. The molecule has 4 heterocycles. The second-order valence-electron chi connectivity index (χ2n) is 8.51. The number of ether oxygens (including phenoxy) is 4. The van der Waals surface area contributed by atoms with Gasteiger partial charge in [0.25, 0.3) is 0 Å². The lowest BCUT2D eigenvalue weighted by Crippen LogP contribution is -2.26. The molecule has 174 valence electrons. The minimum atomic E-state index is -0.467. The van der Waals surface area contributed by atoms with Gasteiger partial charge in [-0.25, -0.2) is 4.98 Å². The van der Waals surface area contributed by atoms with E-state index in [1.807, 2.05) is 36.4 Å². The van der Waals surface area contributed by atoms with Crippen LogP contribution in [0.1, 0.15) is 19.3 Å². The standard InChI is InChI=1S/C25H29N3O5/c1-30-23-12-17(4-5-22(23)33-18-6-9-31-10-7-18)20-13-21-19(3-2-8-26-21)25(28-20)32-15-16-11-24(29)27-14-16/h2-5,8,12-13,16,18,24,27,29H,6-7,9-11,14-15H2,1H3. The van der Waals surface area contributed by atoms with E-state index in [0.717, 1.165) is 60.5 Å². The Morgan fingerprint density at radius 2 is 2.03 bits per heavy atom. The summed E-state index contributed by atoms with van der Waals surface area (Å²) < 4.78 is 23.4. The van der Waals surface area contributed by atoms with Gasteiger partial charge in [-0.2, -0.15) is 0 Å². The molecule has 0 saturated carbocycles. The highest BCUT2D eigenvalue weighted by molar-refractivity contribution is 5.87. The molecule has 0 spiro atoms. The lowest BCUT2D eigenvalue weighted by atomic mass is 10.1. The van der Waals surface area contributed by atoms with E-state index in [0.29, 0.717) is 24.7 Å². The van der Waals surface area contributed by atoms with Crippen molar-refractivity contribution in [2.45, 2.75) is 31.6 Å². The van der Waals surface area contributed by atoms with Crippen molar-refractivity contribution in [3.63, 3.8) is 0 Å². The van der Waals surface area contributed by atoms with E-state index in [4.69, 9.17) is 23.9 Å². The van der Waals surface area contributed by atoms with Crippen molar-refractivity contribution in [2.24, 2.45) is 5.92 Å². The zero-order valence-electron chi connectivity index (χ0n) is 18.7. The second kappa shape index (κ2) is 9.91. The highest BCUT2D eigenvalue weighted by atomic mass is 16.5. The van der Waals surface area contributed by atoms with Gasteiger partial charge in [0, 0.05) is 37.1 Å². The zero-order chi connectivity index (χ0) is 22.6. The van der Waals surface area contributed by atoms with Crippen LogP contribution in [0.5, 0.6) is 17.4 Å². The van der Waals surface area contributed by atoms with Crippen LogP contribution in [0.2, 0.25) is 0 Å². The number of hydrogen-bond donors (Lipinski definition) is 2. The molecule has 0 radical (unpaired) electrons. The number of methoxy groups -OCH3 is 1. The van der Waals surface area contributed by atoms with E-state index >= 15 is 0 Å². The van der Waals surface area contributed by atoms with Crippen LogP contribution in [0, 0.1) is 5.92 Å². The molecule has 5 rings (SSSR count). The zero-order valence-corrected chi connectivity index (χ0v) is 18.7. The maximum atomic E-state index is 9.72. The number of rotatable bonds is 7. The second-order valence-corrected chi connectivity index (χ2v) is 8.51. The van der Waals surface area contributed by atoms with E-state index in [1.165, 1.54) is 0 Å². The lowest BCUT2D eigenvalue weighted by molar-refractivity contribution is 0.0245. The first kappa shape index (κ1) is 21.9. The van der Waals surface area contributed by atoms with E-state index in [9.17, 15) is 5.11 Å². The van der Waals surface area contributed by atoms with Crippen molar-refractivity contribution in [3.8, 4) is 28.6 Å². The number of aliphatic hydroxyl groups is 1. The number of benzene rings is 1. The molecule has 3 aromatic rings. The summed E-state index contributed by atoms with van der Waals surface area (Å²) in [5.74, 6) is 2.16. The summed E-state index contributed by atoms with van der Waals surface area (Å²) in [6.07, 6.45) is 3.84. The molecule has 2 aliphatic heterocycles. The Balaban J connectivity index is 1.42. The summed E-state index contributed by atoms with van der Waals surface area (Å²) in [7, 11) is 1.64. The molecular formula is C25H29N3O5. The van der Waals surface area contributed by atoms with Gasteiger partial charge in [-0.05, 0) is 42.8 Å². The third-order valence-electron chi connectivity index (χ3n) is 6.14. The molecule has 2 fully saturated rings. The highest BCUT2D eigenvalue weighted by Gasteiger charge is 2.23. The van der Waals surface area contributed by atoms with Crippen molar-refractivity contribution in [1.82, 2.24) is 15.3 Å². The van der Waals surface area contributed by atoms with Gasteiger partial charge >= 0.3 is 0 Å². The van der Waals surface area contributed by atoms with Crippen molar-refractivity contribution in [2.75, 3.05) is 33.5 Å². The number of hydrogen-bond acceptors (Lipinski definition) is 8. The molecule has 2 unspecified atom stereocenters. The number of aromatic nitrogens is 2. The molecule has 8 nitrogen and oxygen atoms in total. The maximum absolute atomic E-state index is 9.72. The van der Waals surface area contributed by atoms with E-state index in [-0.39, 0.29) is 12.0 Å². The molecule has 0 aliphatic carbocycles. The summed E-state index contributed by atoms with van der Waals surface area (Å²) in [5.41, 5.74) is 2.45. The van der Waals surface area contributed by atoms with Gasteiger partial charge < -0.3 is 24.1 Å². The smallest absolute Gasteiger partial charge is 0.223 e. The first-order chi connectivity index (χ1) is 16.2. The molecule has 2 saturated heterocycles. The average molecular weight is 452 g/mol. The normalized spacial score (nSPS) is 21.3. The number of nitrogens with one attached hydrogen (secondary N) is 1. The molecule has 2 aliphatic rings. The molecular weight excluding hydrogens is 422 g/mol. The summed E-state index contributed by atoms with van der Waals surface area (Å²) in [6, 6.07) is 11.6. The van der Waals surface area contributed by atoms with E-state index in [1.54, 1.807) is 13.3 Å². The van der Waals surface area contributed by atoms with Gasteiger partial charge in [0.05, 0.1) is 43.5 Å². The molecule has 8 heteroatoms. The monoisotopic (exact) mass is 451 g/mol. The van der Waals surface area contributed by atoms with Gasteiger partial charge in [0.2, 0.25) is 5.88 Å². The predicted molar refractivity (Wildman–Crippen MR) is 124 cm³/mol. The Labute approximate surface area is 192 Å². The number of fused-ring (bicyclic) bond motifs is 1. The summed E-state index contributed by atoms with van der Waals surface area (Å²) in [5, 5.41) is 13.6. The van der Waals surface area contributed by atoms with Crippen molar-refractivity contribution >= 4 is 10.9 Å². The summed E-state index contributed by atoms with van der Waals surface area (Å²) in [4.78, 5) is 9.33. The minimum absolute atomic E-state index is 0.130. The van der Waals surface area contributed by atoms with Gasteiger partial charge in [-0.15, -0.1) is 0 Å². The highest BCUT2D eigenvalue weighted by Crippen LogP contribution is 2.35. The van der Waals surface area contributed by atoms with Crippen LogP contribution in [-0.2, 0) is 4.74 Å². The maximum Gasteiger partial charge on any atom is 0.223 e. The molecule has 0 amide bonds.